The van der Waals surface area contributed by atoms with Crippen molar-refractivity contribution in [3.63, 3.8) is 0 Å². The van der Waals surface area contributed by atoms with Crippen LogP contribution in [0.1, 0.15) is 18.7 Å². The third-order valence-electron chi connectivity index (χ3n) is 3.09. The number of carbonyl (C=O) groups is 1. The fourth-order valence-corrected chi connectivity index (χ4v) is 2.19. The molecule has 1 fully saturated rings. The van der Waals surface area contributed by atoms with Crippen molar-refractivity contribution < 1.29 is 9.90 Å². The van der Waals surface area contributed by atoms with E-state index in [9.17, 15) is 9.90 Å². The minimum absolute atomic E-state index is 0.00987. The average Bonchev–Trinajstić information content (AvgIpc) is 2.82. The van der Waals surface area contributed by atoms with Crippen LogP contribution < -0.4 is 5.32 Å². The summed E-state index contributed by atoms with van der Waals surface area (Å²) < 4.78 is 0. The number of β-amino-alcohol motifs (C(OH)–C–C–N with tert-alkyl or cyclic N) is 1. The molecule has 18 heavy (non-hydrogen) atoms. The van der Waals surface area contributed by atoms with Crippen LogP contribution >= 0.6 is 0 Å². The van der Waals surface area contributed by atoms with Crippen LogP contribution in [0, 0.1) is 0 Å². The molecule has 100 valence electrons. The van der Waals surface area contributed by atoms with Crippen LogP contribution in [0.2, 0.25) is 0 Å². The van der Waals surface area contributed by atoms with Gasteiger partial charge in [0, 0.05) is 31.9 Å². The lowest BCUT2D eigenvalue weighted by Crippen LogP contribution is -2.44. The number of nitrogens with zero attached hydrogens (tertiary/aromatic N) is 2. The summed E-state index contributed by atoms with van der Waals surface area (Å²) in [6.45, 7) is 2.45. The second-order valence-corrected chi connectivity index (χ2v) is 4.67. The van der Waals surface area contributed by atoms with Crippen LogP contribution in [0.3, 0.4) is 0 Å². The average molecular weight is 252 g/mol. The van der Waals surface area contributed by atoms with Gasteiger partial charge in [-0.15, -0.1) is 0 Å². The number of aliphatic hydroxyl groups is 1. The van der Waals surface area contributed by atoms with Gasteiger partial charge in [-0.25, -0.2) is 4.98 Å². The molecule has 6 heteroatoms. The van der Waals surface area contributed by atoms with Crippen molar-refractivity contribution in [2.75, 3.05) is 26.2 Å². The smallest absolute Gasteiger partial charge is 0.234 e. The van der Waals surface area contributed by atoms with Gasteiger partial charge in [-0.05, 0) is 19.4 Å². The summed E-state index contributed by atoms with van der Waals surface area (Å²) >= 11 is 0. The molecular formula is C12H20N4O2. The second kappa shape index (κ2) is 6.51. The van der Waals surface area contributed by atoms with Crippen molar-refractivity contribution in [2.24, 2.45) is 0 Å². The number of hydrogen-bond donors (Lipinski definition) is 3. The monoisotopic (exact) mass is 252 g/mol. The summed E-state index contributed by atoms with van der Waals surface area (Å²) in [5.74, 6) is 0.888. The minimum atomic E-state index is -0.283. The SMILES string of the molecule is O=C(CN1CCC[C@@H](O)C1)NCCc1ncc[nH]1. The molecule has 0 radical (unpaired) electrons. The van der Waals surface area contributed by atoms with Gasteiger partial charge >= 0.3 is 0 Å². The third kappa shape index (κ3) is 4.12. The van der Waals surface area contributed by atoms with E-state index >= 15 is 0 Å². The molecule has 2 rings (SSSR count). The first kappa shape index (κ1) is 13.0. The lowest BCUT2D eigenvalue weighted by Gasteiger charge is -2.29. The first-order valence-electron chi connectivity index (χ1n) is 6.39. The fourth-order valence-electron chi connectivity index (χ4n) is 2.19. The molecule has 0 aliphatic carbocycles. The first-order chi connectivity index (χ1) is 8.74. The van der Waals surface area contributed by atoms with Crippen molar-refractivity contribution in [3.05, 3.63) is 18.2 Å². The standard InChI is InChI=1S/C12H20N4O2/c17-10-2-1-7-16(8-10)9-12(18)15-4-3-11-13-5-6-14-11/h5-6,10,17H,1-4,7-9H2,(H,13,14)(H,15,18)/t10-/m1/s1. The van der Waals surface area contributed by atoms with E-state index in [1.807, 2.05) is 4.90 Å². The Hall–Kier alpha value is -1.40. The first-order valence-corrected chi connectivity index (χ1v) is 6.39. The third-order valence-corrected chi connectivity index (χ3v) is 3.09. The van der Waals surface area contributed by atoms with Crippen molar-refractivity contribution in [1.82, 2.24) is 20.2 Å². The Kier molecular flexibility index (Phi) is 4.72. The summed E-state index contributed by atoms with van der Waals surface area (Å²) in [6, 6.07) is 0. The van der Waals surface area contributed by atoms with Gasteiger partial charge in [-0.2, -0.15) is 0 Å². The molecule has 1 amide bonds. The number of aliphatic hydroxyl groups excluding tert-OH is 1. The van der Waals surface area contributed by atoms with Crippen molar-refractivity contribution in [2.45, 2.75) is 25.4 Å². The predicted molar refractivity (Wildman–Crippen MR) is 67.0 cm³/mol. The highest BCUT2D eigenvalue weighted by Crippen LogP contribution is 2.08. The van der Waals surface area contributed by atoms with E-state index < -0.39 is 0 Å². The zero-order chi connectivity index (χ0) is 12.8. The van der Waals surface area contributed by atoms with E-state index in [1.165, 1.54) is 0 Å². The Labute approximate surface area is 106 Å². The lowest BCUT2D eigenvalue weighted by molar-refractivity contribution is -0.122. The molecule has 0 aromatic carbocycles. The molecule has 1 aliphatic heterocycles. The number of hydrogen-bond acceptors (Lipinski definition) is 4. The molecule has 0 spiro atoms. The number of nitrogens with one attached hydrogen (secondary N) is 2. The molecular weight excluding hydrogens is 232 g/mol. The second-order valence-electron chi connectivity index (χ2n) is 4.67. The van der Waals surface area contributed by atoms with Crippen molar-refractivity contribution >= 4 is 5.91 Å². The predicted octanol–water partition coefficient (Wildman–Crippen LogP) is -0.475. The van der Waals surface area contributed by atoms with E-state index in [-0.39, 0.29) is 12.0 Å². The van der Waals surface area contributed by atoms with Gasteiger partial charge in [-0.1, -0.05) is 0 Å². The number of aromatic nitrogens is 2. The number of piperidine rings is 1. The van der Waals surface area contributed by atoms with Gasteiger partial charge in [0.2, 0.25) is 5.91 Å². The molecule has 0 saturated carbocycles. The zero-order valence-corrected chi connectivity index (χ0v) is 10.4. The number of H-pyrrole nitrogens is 1. The molecule has 1 atom stereocenters. The van der Waals surface area contributed by atoms with Crippen LogP contribution in [0.15, 0.2) is 12.4 Å². The number of imidazole rings is 1. The van der Waals surface area contributed by atoms with Crippen LogP contribution in [-0.2, 0) is 11.2 Å². The molecule has 1 saturated heterocycles. The fraction of sp³-hybridized carbons (Fsp3) is 0.667. The Morgan fingerprint density at radius 1 is 1.67 bits per heavy atom. The Morgan fingerprint density at radius 2 is 2.56 bits per heavy atom. The van der Waals surface area contributed by atoms with Gasteiger partial charge in [0.25, 0.3) is 0 Å². The maximum atomic E-state index is 11.7. The molecule has 1 aromatic heterocycles. The van der Waals surface area contributed by atoms with Gasteiger partial charge < -0.3 is 15.4 Å². The Morgan fingerprint density at radius 3 is 3.28 bits per heavy atom. The number of carbonyl (C=O) groups excluding carboxylic acids is 1. The van der Waals surface area contributed by atoms with Gasteiger partial charge in [0.15, 0.2) is 0 Å². The van der Waals surface area contributed by atoms with Crippen LogP contribution in [0.5, 0.6) is 0 Å². The molecule has 3 N–H and O–H groups in total. The Bertz CT molecular complexity index is 366. The Balaban J connectivity index is 1.62. The topological polar surface area (TPSA) is 81.2 Å². The zero-order valence-electron chi connectivity index (χ0n) is 10.4. The van der Waals surface area contributed by atoms with E-state index in [2.05, 4.69) is 15.3 Å². The molecule has 1 aromatic rings. The minimum Gasteiger partial charge on any atom is -0.392 e. The quantitative estimate of drug-likeness (QED) is 0.661. The van der Waals surface area contributed by atoms with Crippen molar-refractivity contribution in [1.29, 1.82) is 0 Å². The highest BCUT2D eigenvalue weighted by molar-refractivity contribution is 5.78. The van der Waals surface area contributed by atoms with Gasteiger partial charge in [0.1, 0.15) is 5.82 Å². The molecule has 2 heterocycles. The maximum Gasteiger partial charge on any atom is 0.234 e. The maximum absolute atomic E-state index is 11.7. The normalized spacial score (nSPS) is 20.8. The van der Waals surface area contributed by atoms with Gasteiger partial charge in [0.05, 0.1) is 12.6 Å². The molecule has 0 bridgehead atoms. The summed E-state index contributed by atoms with van der Waals surface area (Å²) in [6.07, 6.45) is 5.70. The van der Waals surface area contributed by atoms with E-state index in [0.717, 1.165) is 25.2 Å². The molecule has 0 unspecified atom stereocenters. The number of amides is 1. The highest BCUT2D eigenvalue weighted by atomic mass is 16.3. The molecule has 1 aliphatic rings. The number of aromatic amines is 1. The summed E-state index contributed by atoms with van der Waals surface area (Å²) in [7, 11) is 0. The number of rotatable bonds is 5. The largest absolute Gasteiger partial charge is 0.392 e. The number of likely N-dealkylation sites (tertiary alicyclic amines) is 1. The summed E-state index contributed by atoms with van der Waals surface area (Å²) in [4.78, 5) is 20.8. The van der Waals surface area contributed by atoms with Crippen LogP contribution in [0.25, 0.3) is 0 Å². The lowest BCUT2D eigenvalue weighted by atomic mass is 10.1. The van der Waals surface area contributed by atoms with E-state index in [1.54, 1.807) is 12.4 Å². The van der Waals surface area contributed by atoms with Crippen molar-refractivity contribution in [3.8, 4) is 0 Å². The highest BCUT2D eigenvalue weighted by Gasteiger charge is 2.19. The molecule has 6 nitrogen and oxygen atoms in total. The van der Waals surface area contributed by atoms with Gasteiger partial charge in [-0.3, -0.25) is 9.69 Å². The van der Waals surface area contributed by atoms with Crippen LogP contribution in [-0.4, -0.2) is 58.2 Å². The summed E-state index contributed by atoms with van der Waals surface area (Å²) in [5, 5.41) is 12.4. The van der Waals surface area contributed by atoms with E-state index in [4.69, 9.17) is 0 Å². The van der Waals surface area contributed by atoms with Crippen LogP contribution in [0.4, 0.5) is 0 Å². The van der Waals surface area contributed by atoms with E-state index in [0.29, 0.717) is 26.1 Å². The summed E-state index contributed by atoms with van der Waals surface area (Å²) in [5.41, 5.74) is 0.